The van der Waals surface area contributed by atoms with Gasteiger partial charge in [-0.1, -0.05) is 30.3 Å². The molecule has 31 heavy (non-hydrogen) atoms. The van der Waals surface area contributed by atoms with Crippen LogP contribution in [0.1, 0.15) is 29.0 Å². The first kappa shape index (κ1) is 19.2. The lowest BCUT2D eigenvalue weighted by Crippen LogP contribution is -2.18. The molecule has 2 aliphatic rings. The third-order valence-corrected chi connectivity index (χ3v) is 5.94. The van der Waals surface area contributed by atoms with Crippen molar-refractivity contribution in [3.8, 4) is 23.3 Å². The van der Waals surface area contributed by atoms with E-state index in [-0.39, 0.29) is 17.7 Å². The van der Waals surface area contributed by atoms with Gasteiger partial charge in [-0.2, -0.15) is 0 Å². The van der Waals surface area contributed by atoms with E-state index in [1.807, 2.05) is 42.5 Å². The monoisotopic (exact) mass is 417 g/mol. The summed E-state index contributed by atoms with van der Waals surface area (Å²) in [5, 5.41) is 20.6. The SMILES string of the molecule is COc1ccc(C2C=C(n3c(O)ccc3O)OC3=C2CCc2ccccc23)cc1OC. The fourth-order valence-corrected chi connectivity index (χ4v) is 4.42. The van der Waals surface area contributed by atoms with Gasteiger partial charge in [0.05, 0.1) is 14.2 Å². The number of methoxy groups -OCH3 is 2. The standard InChI is InChI=1S/C25H23NO5/c1-29-20-10-8-16(13-21(20)30-2)19-14-24(26-22(27)11-12-23(26)28)31-25-17-6-4-3-5-15(17)7-9-18(19)25/h3-6,8,10-14,19,27-28H,7,9H2,1-2H3. The van der Waals surface area contributed by atoms with Gasteiger partial charge >= 0.3 is 0 Å². The Morgan fingerprint density at radius 2 is 1.65 bits per heavy atom. The summed E-state index contributed by atoms with van der Waals surface area (Å²) in [6.45, 7) is 0. The van der Waals surface area contributed by atoms with Crippen LogP contribution in [0.3, 0.4) is 0 Å². The Morgan fingerprint density at radius 3 is 2.39 bits per heavy atom. The van der Waals surface area contributed by atoms with Crippen LogP contribution in [0.2, 0.25) is 0 Å². The van der Waals surface area contributed by atoms with Gasteiger partial charge in [-0.05, 0) is 47.8 Å². The molecule has 0 amide bonds. The number of aromatic hydroxyl groups is 2. The first-order valence-corrected chi connectivity index (χ1v) is 10.1. The normalized spacial score (nSPS) is 17.4. The van der Waals surface area contributed by atoms with Crippen molar-refractivity contribution in [2.24, 2.45) is 0 Å². The molecule has 1 aliphatic heterocycles. The highest BCUT2D eigenvalue weighted by Gasteiger charge is 2.33. The summed E-state index contributed by atoms with van der Waals surface area (Å²) in [5.74, 6) is 2.12. The summed E-state index contributed by atoms with van der Waals surface area (Å²) in [7, 11) is 3.23. The average molecular weight is 417 g/mol. The van der Waals surface area contributed by atoms with Crippen LogP contribution in [0, 0.1) is 0 Å². The van der Waals surface area contributed by atoms with Crippen molar-refractivity contribution in [2.75, 3.05) is 14.2 Å². The topological polar surface area (TPSA) is 73.1 Å². The molecule has 0 saturated heterocycles. The molecule has 2 aromatic carbocycles. The third-order valence-electron chi connectivity index (χ3n) is 5.94. The maximum absolute atomic E-state index is 10.3. The van der Waals surface area contributed by atoms with Crippen molar-refractivity contribution in [1.82, 2.24) is 4.57 Å². The van der Waals surface area contributed by atoms with Gasteiger partial charge in [-0.3, -0.25) is 0 Å². The van der Waals surface area contributed by atoms with Crippen LogP contribution >= 0.6 is 0 Å². The molecule has 0 spiro atoms. The van der Waals surface area contributed by atoms with Crippen molar-refractivity contribution in [3.05, 3.63) is 82.9 Å². The van der Waals surface area contributed by atoms with E-state index in [2.05, 4.69) is 6.07 Å². The summed E-state index contributed by atoms with van der Waals surface area (Å²) in [6, 6.07) is 16.9. The predicted octanol–water partition coefficient (Wildman–Crippen LogP) is 4.89. The highest BCUT2D eigenvalue weighted by atomic mass is 16.5. The lowest BCUT2D eigenvalue weighted by molar-refractivity contribution is 0.351. The van der Waals surface area contributed by atoms with Crippen molar-refractivity contribution in [3.63, 3.8) is 0 Å². The minimum Gasteiger partial charge on any atom is -0.494 e. The van der Waals surface area contributed by atoms with Gasteiger partial charge in [0, 0.05) is 23.6 Å². The molecular weight excluding hydrogens is 394 g/mol. The Morgan fingerprint density at radius 1 is 0.903 bits per heavy atom. The zero-order chi connectivity index (χ0) is 21.5. The zero-order valence-corrected chi connectivity index (χ0v) is 17.3. The van der Waals surface area contributed by atoms with E-state index in [0.29, 0.717) is 17.4 Å². The smallest absolute Gasteiger partial charge is 0.206 e. The number of benzene rings is 2. The van der Waals surface area contributed by atoms with Crippen LogP contribution in [0.15, 0.2) is 66.2 Å². The van der Waals surface area contributed by atoms with Crippen LogP contribution in [0.25, 0.3) is 11.6 Å². The van der Waals surface area contributed by atoms with E-state index in [1.165, 1.54) is 22.3 Å². The molecule has 0 fully saturated rings. The molecule has 6 heteroatoms. The Hall–Kier alpha value is -3.80. The molecular formula is C25H23NO5. The fourth-order valence-electron chi connectivity index (χ4n) is 4.42. The fraction of sp³-hybridized carbons (Fsp3) is 0.200. The summed E-state index contributed by atoms with van der Waals surface area (Å²) in [4.78, 5) is 0. The summed E-state index contributed by atoms with van der Waals surface area (Å²) in [6.07, 6.45) is 3.69. The van der Waals surface area contributed by atoms with Crippen molar-refractivity contribution in [1.29, 1.82) is 0 Å². The average Bonchev–Trinajstić information content (AvgIpc) is 3.15. The molecule has 1 aliphatic carbocycles. The first-order chi connectivity index (χ1) is 15.1. The highest BCUT2D eigenvalue weighted by molar-refractivity contribution is 5.76. The molecule has 1 unspecified atom stereocenters. The maximum atomic E-state index is 10.3. The second kappa shape index (κ2) is 7.47. The van der Waals surface area contributed by atoms with Crippen molar-refractivity contribution >= 4 is 11.6 Å². The number of fused-ring (bicyclic) bond motifs is 2. The van der Waals surface area contributed by atoms with Gasteiger partial charge in [0.2, 0.25) is 17.6 Å². The molecule has 5 rings (SSSR count). The minimum atomic E-state index is -0.117. The Balaban J connectivity index is 1.70. The number of aromatic nitrogens is 1. The van der Waals surface area contributed by atoms with E-state index >= 15 is 0 Å². The molecule has 2 heterocycles. The van der Waals surface area contributed by atoms with E-state index in [1.54, 1.807) is 14.2 Å². The molecule has 1 atom stereocenters. The number of aryl methyl sites for hydroxylation is 1. The Kier molecular flexibility index (Phi) is 4.62. The second-order valence-corrected chi connectivity index (χ2v) is 7.60. The van der Waals surface area contributed by atoms with Gasteiger partial charge < -0.3 is 24.4 Å². The molecule has 0 saturated carbocycles. The van der Waals surface area contributed by atoms with Crippen LogP contribution < -0.4 is 9.47 Å². The van der Waals surface area contributed by atoms with Gasteiger partial charge in [-0.15, -0.1) is 0 Å². The lowest BCUT2D eigenvalue weighted by Gasteiger charge is -2.32. The largest absolute Gasteiger partial charge is 0.494 e. The third kappa shape index (κ3) is 3.11. The van der Waals surface area contributed by atoms with Gasteiger partial charge in [0.25, 0.3) is 0 Å². The number of allylic oxidation sites excluding steroid dienone is 2. The van der Waals surface area contributed by atoms with Gasteiger partial charge in [-0.25, -0.2) is 4.57 Å². The molecule has 0 radical (unpaired) electrons. The maximum Gasteiger partial charge on any atom is 0.206 e. The summed E-state index contributed by atoms with van der Waals surface area (Å²) >= 11 is 0. The van der Waals surface area contributed by atoms with Crippen LogP contribution in [-0.2, 0) is 11.2 Å². The van der Waals surface area contributed by atoms with Crippen LogP contribution in [0.4, 0.5) is 0 Å². The summed E-state index contributed by atoms with van der Waals surface area (Å²) in [5.41, 5.74) is 4.41. The van der Waals surface area contributed by atoms with E-state index in [4.69, 9.17) is 14.2 Å². The molecule has 6 nitrogen and oxygen atoms in total. The molecule has 0 bridgehead atoms. The molecule has 158 valence electrons. The number of rotatable bonds is 4. The Labute approximate surface area is 180 Å². The first-order valence-electron chi connectivity index (χ1n) is 10.1. The van der Waals surface area contributed by atoms with Gasteiger partial charge in [0.15, 0.2) is 11.5 Å². The number of ether oxygens (including phenoxy) is 3. The highest BCUT2D eigenvalue weighted by Crippen LogP contribution is 2.47. The molecule has 3 aromatic rings. The zero-order valence-electron chi connectivity index (χ0n) is 17.3. The molecule has 1 aromatic heterocycles. The quantitative estimate of drug-likeness (QED) is 0.633. The van der Waals surface area contributed by atoms with Crippen molar-refractivity contribution in [2.45, 2.75) is 18.8 Å². The summed E-state index contributed by atoms with van der Waals surface area (Å²) < 4.78 is 18.5. The van der Waals surface area contributed by atoms with Crippen molar-refractivity contribution < 1.29 is 24.4 Å². The Bertz CT molecular complexity index is 1200. The van der Waals surface area contributed by atoms with Crippen LogP contribution in [0.5, 0.6) is 23.3 Å². The number of hydrogen-bond acceptors (Lipinski definition) is 5. The number of hydrogen-bond donors (Lipinski definition) is 2. The van der Waals surface area contributed by atoms with E-state index in [9.17, 15) is 10.2 Å². The van der Waals surface area contributed by atoms with Crippen LogP contribution in [-0.4, -0.2) is 29.0 Å². The van der Waals surface area contributed by atoms with E-state index < -0.39 is 0 Å². The minimum absolute atomic E-state index is 0.0945. The number of nitrogens with zero attached hydrogens (tertiary/aromatic N) is 1. The predicted molar refractivity (Wildman–Crippen MR) is 117 cm³/mol. The molecule has 2 N–H and O–H groups in total. The second-order valence-electron chi connectivity index (χ2n) is 7.60. The van der Waals surface area contributed by atoms with Gasteiger partial charge in [0.1, 0.15) is 5.76 Å². The lowest BCUT2D eigenvalue weighted by atomic mass is 9.80. The van der Waals surface area contributed by atoms with E-state index in [0.717, 1.165) is 35.3 Å².